The second-order valence-electron chi connectivity index (χ2n) is 5.66. The SMILES string of the molecule is CC(C)C(C)(O)COc1ccccc1-c1ccccc1. The number of hydrogen-bond acceptors (Lipinski definition) is 2. The van der Waals surface area contributed by atoms with E-state index in [1.807, 2.05) is 63.2 Å². The second kappa shape index (κ2) is 6.10. The molecular weight excluding hydrogens is 248 g/mol. The number of benzene rings is 2. The van der Waals surface area contributed by atoms with Gasteiger partial charge in [-0.15, -0.1) is 0 Å². The van der Waals surface area contributed by atoms with Gasteiger partial charge in [0.15, 0.2) is 0 Å². The van der Waals surface area contributed by atoms with Crippen LogP contribution in [0.4, 0.5) is 0 Å². The van der Waals surface area contributed by atoms with E-state index >= 15 is 0 Å². The third-order valence-corrected chi connectivity index (χ3v) is 3.74. The van der Waals surface area contributed by atoms with Crippen LogP contribution in [0.25, 0.3) is 11.1 Å². The van der Waals surface area contributed by atoms with Crippen LogP contribution in [0.5, 0.6) is 5.75 Å². The summed E-state index contributed by atoms with van der Waals surface area (Å²) in [5, 5.41) is 10.3. The van der Waals surface area contributed by atoms with Crippen molar-refractivity contribution in [1.29, 1.82) is 0 Å². The van der Waals surface area contributed by atoms with E-state index in [0.29, 0.717) is 0 Å². The van der Waals surface area contributed by atoms with Crippen LogP contribution in [0.3, 0.4) is 0 Å². The predicted octanol–water partition coefficient (Wildman–Crippen LogP) is 4.14. The summed E-state index contributed by atoms with van der Waals surface area (Å²) in [5.41, 5.74) is 1.34. The third-order valence-electron chi connectivity index (χ3n) is 3.74. The van der Waals surface area contributed by atoms with Crippen molar-refractivity contribution in [2.75, 3.05) is 6.61 Å². The minimum atomic E-state index is -0.830. The van der Waals surface area contributed by atoms with Gasteiger partial charge < -0.3 is 9.84 Å². The van der Waals surface area contributed by atoms with E-state index in [1.54, 1.807) is 0 Å². The molecule has 0 radical (unpaired) electrons. The van der Waals surface area contributed by atoms with Gasteiger partial charge in [0, 0.05) is 5.56 Å². The van der Waals surface area contributed by atoms with E-state index < -0.39 is 5.60 Å². The van der Waals surface area contributed by atoms with Crippen LogP contribution < -0.4 is 4.74 Å². The van der Waals surface area contributed by atoms with Crippen LogP contribution in [-0.4, -0.2) is 17.3 Å². The van der Waals surface area contributed by atoms with Gasteiger partial charge in [-0.3, -0.25) is 0 Å². The molecule has 0 bridgehead atoms. The molecule has 20 heavy (non-hydrogen) atoms. The Morgan fingerprint density at radius 3 is 2.25 bits per heavy atom. The molecule has 0 saturated carbocycles. The molecule has 0 aliphatic carbocycles. The zero-order valence-electron chi connectivity index (χ0n) is 12.3. The molecule has 1 atom stereocenters. The normalized spacial score (nSPS) is 14.1. The van der Waals surface area contributed by atoms with Crippen LogP contribution in [0.15, 0.2) is 54.6 Å². The van der Waals surface area contributed by atoms with Crippen LogP contribution in [-0.2, 0) is 0 Å². The highest BCUT2D eigenvalue weighted by Gasteiger charge is 2.26. The van der Waals surface area contributed by atoms with Gasteiger partial charge in [0.2, 0.25) is 0 Å². The van der Waals surface area contributed by atoms with Gasteiger partial charge >= 0.3 is 0 Å². The van der Waals surface area contributed by atoms with Gasteiger partial charge in [-0.2, -0.15) is 0 Å². The Bertz CT molecular complexity index is 544. The molecule has 2 rings (SSSR count). The number of rotatable bonds is 5. The maximum atomic E-state index is 10.3. The highest BCUT2D eigenvalue weighted by Crippen LogP contribution is 2.30. The van der Waals surface area contributed by atoms with Gasteiger partial charge in [0.05, 0.1) is 5.60 Å². The van der Waals surface area contributed by atoms with Crippen molar-refractivity contribution in [3.05, 3.63) is 54.6 Å². The Kier molecular flexibility index (Phi) is 4.46. The van der Waals surface area contributed by atoms with Gasteiger partial charge in [-0.05, 0) is 24.5 Å². The summed E-state index contributed by atoms with van der Waals surface area (Å²) in [5.74, 6) is 0.950. The molecule has 2 heteroatoms. The van der Waals surface area contributed by atoms with E-state index in [1.165, 1.54) is 0 Å². The smallest absolute Gasteiger partial charge is 0.127 e. The summed E-state index contributed by atoms with van der Waals surface area (Å²) >= 11 is 0. The second-order valence-corrected chi connectivity index (χ2v) is 5.66. The lowest BCUT2D eigenvalue weighted by Gasteiger charge is -2.28. The van der Waals surface area contributed by atoms with Crippen molar-refractivity contribution in [3.63, 3.8) is 0 Å². The fourth-order valence-corrected chi connectivity index (χ4v) is 1.84. The number of hydrogen-bond donors (Lipinski definition) is 1. The number of ether oxygens (including phenoxy) is 1. The van der Waals surface area contributed by atoms with E-state index in [2.05, 4.69) is 12.1 Å². The molecule has 0 aromatic heterocycles. The van der Waals surface area contributed by atoms with E-state index in [9.17, 15) is 5.11 Å². The summed E-state index contributed by atoms with van der Waals surface area (Å²) < 4.78 is 5.87. The van der Waals surface area contributed by atoms with Gasteiger partial charge in [0.1, 0.15) is 12.4 Å². The Hall–Kier alpha value is -1.80. The fourth-order valence-electron chi connectivity index (χ4n) is 1.84. The molecule has 0 heterocycles. The maximum absolute atomic E-state index is 10.3. The van der Waals surface area contributed by atoms with Crippen molar-refractivity contribution in [1.82, 2.24) is 0 Å². The first-order valence-electron chi connectivity index (χ1n) is 7.00. The molecule has 0 aliphatic heterocycles. The van der Waals surface area contributed by atoms with Crippen LogP contribution in [0, 0.1) is 5.92 Å². The van der Waals surface area contributed by atoms with Crippen LogP contribution >= 0.6 is 0 Å². The first-order chi connectivity index (χ1) is 9.50. The molecule has 0 amide bonds. The lowest BCUT2D eigenvalue weighted by atomic mass is 9.93. The maximum Gasteiger partial charge on any atom is 0.127 e. The van der Waals surface area contributed by atoms with E-state index in [4.69, 9.17) is 4.74 Å². The molecule has 0 saturated heterocycles. The summed E-state index contributed by atoms with van der Waals surface area (Å²) in [7, 11) is 0. The van der Waals surface area contributed by atoms with Crippen molar-refractivity contribution >= 4 is 0 Å². The van der Waals surface area contributed by atoms with E-state index in [0.717, 1.165) is 16.9 Å². The number of aliphatic hydroxyl groups is 1. The molecule has 106 valence electrons. The summed E-state index contributed by atoms with van der Waals surface area (Å²) in [4.78, 5) is 0. The molecule has 1 N–H and O–H groups in total. The largest absolute Gasteiger partial charge is 0.490 e. The first kappa shape index (κ1) is 14.6. The fraction of sp³-hybridized carbons (Fsp3) is 0.333. The molecular formula is C18H22O2. The standard InChI is InChI=1S/C18H22O2/c1-14(2)18(3,19)13-20-17-12-8-7-11-16(17)15-9-5-4-6-10-15/h4-12,14,19H,13H2,1-3H3. The van der Waals surface area contributed by atoms with Crippen molar-refractivity contribution in [2.24, 2.45) is 5.92 Å². The van der Waals surface area contributed by atoms with Crippen molar-refractivity contribution < 1.29 is 9.84 Å². The van der Waals surface area contributed by atoms with Gasteiger partial charge in [-0.25, -0.2) is 0 Å². The summed E-state index contributed by atoms with van der Waals surface area (Å²) in [6, 6.07) is 18.1. The molecule has 0 fully saturated rings. The zero-order chi connectivity index (χ0) is 14.6. The number of para-hydroxylation sites is 1. The average Bonchev–Trinajstić information content (AvgIpc) is 2.46. The molecule has 0 spiro atoms. The summed E-state index contributed by atoms with van der Waals surface area (Å²) in [6.07, 6.45) is 0. The van der Waals surface area contributed by atoms with Crippen LogP contribution in [0.1, 0.15) is 20.8 Å². The van der Waals surface area contributed by atoms with Crippen molar-refractivity contribution in [3.8, 4) is 16.9 Å². The minimum Gasteiger partial charge on any atom is -0.490 e. The zero-order valence-corrected chi connectivity index (χ0v) is 12.3. The molecule has 1 unspecified atom stereocenters. The third kappa shape index (κ3) is 3.40. The average molecular weight is 270 g/mol. The topological polar surface area (TPSA) is 29.5 Å². The Labute approximate surface area is 121 Å². The molecule has 0 aliphatic rings. The van der Waals surface area contributed by atoms with E-state index in [-0.39, 0.29) is 12.5 Å². The van der Waals surface area contributed by atoms with Gasteiger partial charge in [-0.1, -0.05) is 62.4 Å². The Morgan fingerprint density at radius 1 is 1.00 bits per heavy atom. The van der Waals surface area contributed by atoms with Gasteiger partial charge in [0.25, 0.3) is 0 Å². The van der Waals surface area contributed by atoms with Crippen LogP contribution in [0.2, 0.25) is 0 Å². The first-order valence-corrected chi connectivity index (χ1v) is 7.00. The highest BCUT2D eigenvalue weighted by molar-refractivity contribution is 5.70. The lowest BCUT2D eigenvalue weighted by Crippen LogP contribution is -2.37. The molecule has 2 aromatic rings. The Balaban J connectivity index is 2.22. The predicted molar refractivity (Wildman–Crippen MR) is 82.8 cm³/mol. The lowest BCUT2D eigenvalue weighted by molar-refractivity contribution is -0.0264. The quantitative estimate of drug-likeness (QED) is 0.884. The Morgan fingerprint density at radius 2 is 1.60 bits per heavy atom. The molecule has 2 aromatic carbocycles. The minimum absolute atomic E-state index is 0.145. The van der Waals surface area contributed by atoms with Crippen molar-refractivity contribution in [2.45, 2.75) is 26.4 Å². The monoisotopic (exact) mass is 270 g/mol. The summed E-state index contributed by atoms with van der Waals surface area (Å²) in [6.45, 7) is 6.08. The molecule has 2 nitrogen and oxygen atoms in total. The highest BCUT2D eigenvalue weighted by atomic mass is 16.5.